The summed E-state index contributed by atoms with van der Waals surface area (Å²) in [4.78, 5) is 11.2. The van der Waals surface area contributed by atoms with E-state index < -0.39 is 5.97 Å². The van der Waals surface area contributed by atoms with Gasteiger partial charge in [-0.25, -0.2) is 4.79 Å². The standard InChI is InChI=1S/C22H19Cl2NO3/c1-14-8-9-16(22(26)27)11-21(14)25-12-15-4-2-5-17(10-15)28-13-18-19(23)6-3-7-20(18)24/h2-11,25H,12-13H2,1H3,(H,26,27). The molecule has 0 spiro atoms. The first-order valence-electron chi connectivity index (χ1n) is 8.66. The SMILES string of the molecule is Cc1ccc(C(=O)O)cc1NCc1cccc(OCc2c(Cl)cccc2Cl)c1. The zero-order chi connectivity index (χ0) is 20.1. The number of rotatable bonds is 7. The summed E-state index contributed by atoms with van der Waals surface area (Å²) in [5, 5.41) is 13.6. The molecule has 0 unspecified atom stereocenters. The second kappa shape index (κ2) is 9.00. The smallest absolute Gasteiger partial charge is 0.335 e. The molecule has 6 heteroatoms. The van der Waals surface area contributed by atoms with E-state index in [2.05, 4.69) is 5.32 Å². The van der Waals surface area contributed by atoms with Crippen LogP contribution in [0.4, 0.5) is 5.69 Å². The normalized spacial score (nSPS) is 10.5. The van der Waals surface area contributed by atoms with Gasteiger partial charge in [-0.2, -0.15) is 0 Å². The average molecular weight is 416 g/mol. The number of hydrogen-bond donors (Lipinski definition) is 2. The quantitative estimate of drug-likeness (QED) is 0.482. The molecule has 144 valence electrons. The van der Waals surface area contributed by atoms with Crippen molar-refractivity contribution < 1.29 is 14.6 Å². The number of aryl methyl sites for hydroxylation is 1. The predicted molar refractivity (Wildman–Crippen MR) is 113 cm³/mol. The molecule has 0 amide bonds. The Morgan fingerprint density at radius 2 is 1.75 bits per heavy atom. The van der Waals surface area contributed by atoms with Crippen molar-refractivity contribution in [2.75, 3.05) is 5.32 Å². The number of aromatic carboxylic acids is 1. The maximum Gasteiger partial charge on any atom is 0.335 e. The van der Waals surface area contributed by atoms with Gasteiger partial charge in [-0.05, 0) is 54.4 Å². The molecule has 0 saturated heterocycles. The minimum absolute atomic E-state index is 0.252. The van der Waals surface area contributed by atoms with Gasteiger partial charge in [0, 0.05) is 27.8 Å². The fourth-order valence-corrected chi connectivity index (χ4v) is 3.22. The monoisotopic (exact) mass is 415 g/mol. The molecule has 3 rings (SSSR count). The Morgan fingerprint density at radius 1 is 1.04 bits per heavy atom. The molecule has 0 aromatic heterocycles. The average Bonchev–Trinajstić information content (AvgIpc) is 2.67. The van der Waals surface area contributed by atoms with Crippen LogP contribution in [0.2, 0.25) is 10.0 Å². The molecule has 0 aliphatic rings. The van der Waals surface area contributed by atoms with Crippen LogP contribution in [0.25, 0.3) is 0 Å². The third-order valence-electron chi connectivity index (χ3n) is 4.31. The highest BCUT2D eigenvalue weighted by Gasteiger charge is 2.08. The summed E-state index contributed by atoms with van der Waals surface area (Å²) in [6, 6.07) is 18.0. The van der Waals surface area contributed by atoms with Gasteiger partial charge in [0.2, 0.25) is 0 Å². The lowest BCUT2D eigenvalue weighted by Crippen LogP contribution is -2.04. The zero-order valence-corrected chi connectivity index (χ0v) is 16.7. The largest absolute Gasteiger partial charge is 0.489 e. The van der Waals surface area contributed by atoms with Crippen LogP contribution in [0.15, 0.2) is 60.7 Å². The highest BCUT2D eigenvalue weighted by molar-refractivity contribution is 6.35. The molecule has 3 aromatic carbocycles. The van der Waals surface area contributed by atoms with Crippen molar-refractivity contribution in [3.63, 3.8) is 0 Å². The molecule has 3 aromatic rings. The van der Waals surface area contributed by atoms with Gasteiger partial charge in [0.25, 0.3) is 0 Å². The summed E-state index contributed by atoms with van der Waals surface area (Å²) < 4.78 is 5.85. The molecule has 0 atom stereocenters. The lowest BCUT2D eigenvalue weighted by Gasteiger charge is -2.13. The number of benzene rings is 3. The summed E-state index contributed by atoms with van der Waals surface area (Å²) in [7, 11) is 0. The third kappa shape index (κ3) is 4.97. The first-order valence-corrected chi connectivity index (χ1v) is 9.42. The van der Waals surface area contributed by atoms with E-state index in [1.165, 1.54) is 0 Å². The van der Waals surface area contributed by atoms with Crippen molar-refractivity contribution in [3.8, 4) is 5.75 Å². The topological polar surface area (TPSA) is 58.6 Å². The van der Waals surface area contributed by atoms with Crippen LogP contribution in [0, 0.1) is 6.92 Å². The van der Waals surface area contributed by atoms with Gasteiger partial charge in [-0.1, -0.05) is 47.5 Å². The molecule has 0 fully saturated rings. The number of carbonyl (C=O) groups is 1. The lowest BCUT2D eigenvalue weighted by atomic mass is 10.1. The molecule has 0 heterocycles. The van der Waals surface area contributed by atoms with E-state index in [1.54, 1.807) is 36.4 Å². The highest BCUT2D eigenvalue weighted by Crippen LogP contribution is 2.26. The summed E-state index contributed by atoms with van der Waals surface area (Å²) in [6.45, 7) is 2.74. The predicted octanol–water partition coefficient (Wildman–Crippen LogP) is 6.19. The molecule has 0 bridgehead atoms. The minimum Gasteiger partial charge on any atom is -0.489 e. The Hall–Kier alpha value is -2.69. The summed E-state index contributed by atoms with van der Waals surface area (Å²) in [5.41, 5.74) is 3.76. The van der Waals surface area contributed by atoms with E-state index in [-0.39, 0.29) is 12.2 Å². The van der Waals surface area contributed by atoms with Crippen LogP contribution in [-0.4, -0.2) is 11.1 Å². The van der Waals surface area contributed by atoms with Gasteiger partial charge in [0.05, 0.1) is 5.56 Å². The van der Waals surface area contributed by atoms with E-state index in [9.17, 15) is 4.79 Å². The second-order valence-electron chi connectivity index (χ2n) is 6.32. The van der Waals surface area contributed by atoms with Gasteiger partial charge in [0.1, 0.15) is 12.4 Å². The molecule has 0 aliphatic carbocycles. The first-order chi connectivity index (χ1) is 13.4. The van der Waals surface area contributed by atoms with Crippen LogP contribution in [0.5, 0.6) is 5.75 Å². The highest BCUT2D eigenvalue weighted by atomic mass is 35.5. The van der Waals surface area contributed by atoms with E-state index in [4.69, 9.17) is 33.0 Å². The number of ether oxygens (including phenoxy) is 1. The maximum absolute atomic E-state index is 11.2. The number of carboxylic acids is 1. The second-order valence-corrected chi connectivity index (χ2v) is 7.14. The summed E-state index contributed by atoms with van der Waals surface area (Å²) in [6.07, 6.45) is 0. The zero-order valence-electron chi connectivity index (χ0n) is 15.2. The Morgan fingerprint density at radius 3 is 2.46 bits per heavy atom. The molecule has 4 nitrogen and oxygen atoms in total. The van der Waals surface area contributed by atoms with Gasteiger partial charge >= 0.3 is 5.97 Å². The number of anilines is 1. The number of hydrogen-bond acceptors (Lipinski definition) is 3. The first kappa shape index (κ1) is 20.1. The number of halogens is 2. The Labute approximate surface area is 173 Å². The summed E-state index contributed by atoms with van der Waals surface area (Å²) >= 11 is 12.4. The molecule has 0 saturated carbocycles. The molecule has 2 N–H and O–H groups in total. The molecule has 28 heavy (non-hydrogen) atoms. The van der Waals surface area contributed by atoms with Crippen molar-refractivity contribution in [1.82, 2.24) is 0 Å². The van der Waals surface area contributed by atoms with Crippen LogP contribution in [-0.2, 0) is 13.2 Å². The van der Waals surface area contributed by atoms with E-state index >= 15 is 0 Å². The van der Waals surface area contributed by atoms with E-state index in [0.717, 1.165) is 22.4 Å². The number of nitrogens with one attached hydrogen (secondary N) is 1. The number of carboxylic acid groups (broad SMARTS) is 1. The van der Waals surface area contributed by atoms with Crippen LogP contribution in [0.3, 0.4) is 0 Å². The van der Waals surface area contributed by atoms with Gasteiger partial charge in [-0.3, -0.25) is 0 Å². The van der Waals surface area contributed by atoms with Crippen LogP contribution < -0.4 is 10.1 Å². The summed E-state index contributed by atoms with van der Waals surface area (Å²) in [5.74, 6) is -0.247. The minimum atomic E-state index is -0.948. The fourth-order valence-electron chi connectivity index (χ4n) is 2.71. The van der Waals surface area contributed by atoms with Crippen LogP contribution in [0.1, 0.15) is 27.0 Å². The Balaban J connectivity index is 1.67. The van der Waals surface area contributed by atoms with Crippen molar-refractivity contribution >= 4 is 34.9 Å². The molecular formula is C22H19Cl2NO3. The fraction of sp³-hybridized carbons (Fsp3) is 0.136. The Bertz CT molecular complexity index is 985. The molecule has 0 aliphatic heterocycles. The van der Waals surface area contributed by atoms with Crippen molar-refractivity contribution in [1.29, 1.82) is 0 Å². The molecule has 0 radical (unpaired) electrons. The Kier molecular flexibility index (Phi) is 6.45. The van der Waals surface area contributed by atoms with Crippen LogP contribution >= 0.6 is 23.2 Å². The van der Waals surface area contributed by atoms with E-state index in [1.807, 2.05) is 31.2 Å². The van der Waals surface area contributed by atoms with Gasteiger partial charge in [-0.15, -0.1) is 0 Å². The maximum atomic E-state index is 11.2. The van der Waals surface area contributed by atoms with Crippen molar-refractivity contribution in [2.24, 2.45) is 0 Å². The third-order valence-corrected chi connectivity index (χ3v) is 5.02. The van der Waals surface area contributed by atoms with Gasteiger partial charge in [0.15, 0.2) is 0 Å². The van der Waals surface area contributed by atoms with Gasteiger partial charge < -0.3 is 15.2 Å². The van der Waals surface area contributed by atoms with E-state index in [0.29, 0.717) is 22.3 Å². The van der Waals surface area contributed by atoms with Crippen molar-refractivity contribution in [3.05, 3.63) is 93.0 Å². The molecular weight excluding hydrogens is 397 g/mol. The van der Waals surface area contributed by atoms with Crippen molar-refractivity contribution in [2.45, 2.75) is 20.1 Å². The lowest BCUT2D eigenvalue weighted by molar-refractivity contribution is 0.0697.